The number of benzene rings is 1. The van der Waals surface area contributed by atoms with Crippen LogP contribution in [0.3, 0.4) is 0 Å². The number of halogens is 1. The van der Waals surface area contributed by atoms with Crippen molar-refractivity contribution in [2.24, 2.45) is 0 Å². The Morgan fingerprint density at radius 1 is 1.47 bits per heavy atom. The first-order valence-electron chi connectivity index (χ1n) is 6.21. The van der Waals surface area contributed by atoms with Crippen LogP contribution in [0, 0.1) is 17.1 Å². The second kappa shape index (κ2) is 4.73. The summed E-state index contributed by atoms with van der Waals surface area (Å²) in [6.07, 6.45) is 5.70. The minimum Gasteiger partial charge on any atom is -0.365 e. The number of hydrogen-bond acceptors (Lipinski definition) is 3. The van der Waals surface area contributed by atoms with E-state index in [4.69, 9.17) is 0 Å². The quantitative estimate of drug-likeness (QED) is 0.914. The summed E-state index contributed by atoms with van der Waals surface area (Å²) in [7, 11) is 0. The minimum absolute atomic E-state index is 0.322. The number of nitrogens with zero attached hydrogens (tertiary/aromatic N) is 3. The molecule has 1 saturated carbocycles. The molecule has 1 N–H and O–H groups in total. The van der Waals surface area contributed by atoms with E-state index >= 15 is 0 Å². The zero-order chi connectivity index (χ0) is 13.2. The van der Waals surface area contributed by atoms with Crippen molar-refractivity contribution in [2.75, 3.05) is 5.32 Å². The smallest absolute Gasteiger partial charge is 0.156 e. The maximum absolute atomic E-state index is 13.1. The number of aromatic nitrogens is 2. The van der Waals surface area contributed by atoms with Crippen LogP contribution in [-0.4, -0.2) is 9.55 Å². The van der Waals surface area contributed by atoms with Gasteiger partial charge in [-0.25, -0.2) is 9.37 Å². The van der Waals surface area contributed by atoms with Gasteiger partial charge in [-0.15, -0.1) is 0 Å². The lowest BCUT2D eigenvalue weighted by atomic mass is 10.2. The van der Waals surface area contributed by atoms with E-state index in [1.165, 1.54) is 12.1 Å². The van der Waals surface area contributed by atoms with E-state index in [-0.39, 0.29) is 5.82 Å². The fourth-order valence-corrected chi connectivity index (χ4v) is 2.11. The first kappa shape index (κ1) is 11.7. The van der Waals surface area contributed by atoms with Crippen molar-refractivity contribution in [1.29, 1.82) is 5.26 Å². The van der Waals surface area contributed by atoms with E-state index in [0.717, 1.165) is 18.5 Å². The molecule has 1 atom stereocenters. The summed E-state index contributed by atoms with van der Waals surface area (Å²) < 4.78 is 15.2. The highest BCUT2D eigenvalue weighted by Gasteiger charge is 2.27. The Balaban J connectivity index is 1.84. The molecule has 3 rings (SSSR count). The molecule has 0 radical (unpaired) electrons. The molecule has 0 bridgehead atoms. The van der Waals surface area contributed by atoms with Gasteiger partial charge in [0.05, 0.1) is 24.3 Å². The van der Waals surface area contributed by atoms with Crippen molar-refractivity contribution in [3.8, 4) is 6.07 Å². The molecule has 0 aliphatic heterocycles. The maximum atomic E-state index is 13.1. The van der Waals surface area contributed by atoms with Gasteiger partial charge in [-0.2, -0.15) is 5.26 Å². The first-order chi connectivity index (χ1) is 9.28. The SMILES string of the molecule is N#CC(Nc1cccc(F)c1)c1cncn1C1CC1. The molecule has 1 aliphatic carbocycles. The van der Waals surface area contributed by atoms with Crippen LogP contribution in [0.2, 0.25) is 0 Å². The van der Waals surface area contributed by atoms with E-state index in [9.17, 15) is 9.65 Å². The fourth-order valence-electron chi connectivity index (χ4n) is 2.11. The highest BCUT2D eigenvalue weighted by atomic mass is 19.1. The van der Waals surface area contributed by atoms with E-state index in [1.807, 2.05) is 4.57 Å². The molecule has 1 heterocycles. The standard InChI is InChI=1S/C14H13FN4/c15-10-2-1-3-11(6-10)18-13(7-16)14-8-17-9-19(14)12-4-5-12/h1-3,6,8-9,12-13,18H,4-5H2. The van der Waals surface area contributed by atoms with Crippen LogP contribution in [0.5, 0.6) is 0 Å². The Kier molecular flexibility index (Phi) is 2.92. The zero-order valence-corrected chi connectivity index (χ0v) is 10.3. The van der Waals surface area contributed by atoms with Crippen LogP contribution in [0.1, 0.15) is 30.6 Å². The minimum atomic E-state index is -0.523. The van der Waals surface area contributed by atoms with Crippen molar-refractivity contribution in [1.82, 2.24) is 9.55 Å². The predicted octanol–water partition coefficient (Wildman–Crippen LogP) is 3.03. The van der Waals surface area contributed by atoms with Crippen molar-refractivity contribution in [3.05, 3.63) is 48.3 Å². The Morgan fingerprint density at radius 3 is 3.00 bits per heavy atom. The second-order valence-electron chi connectivity index (χ2n) is 4.67. The summed E-state index contributed by atoms with van der Waals surface area (Å²) in [6, 6.07) is 8.25. The van der Waals surface area contributed by atoms with Crippen molar-refractivity contribution in [3.63, 3.8) is 0 Å². The third-order valence-corrected chi connectivity index (χ3v) is 3.20. The van der Waals surface area contributed by atoms with Gasteiger partial charge in [0, 0.05) is 11.7 Å². The van der Waals surface area contributed by atoms with Gasteiger partial charge < -0.3 is 9.88 Å². The lowest BCUT2D eigenvalue weighted by Gasteiger charge is -2.15. The lowest BCUT2D eigenvalue weighted by molar-refractivity contribution is 0.627. The van der Waals surface area contributed by atoms with Gasteiger partial charge in [-0.3, -0.25) is 0 Å². The van der Waals surface area contributed by atoms with Gasteiger partial charge in [-0.1, -0.05) is 6.07 Å². The zero-order valence-electron chi connectivity index (χ0n) is 10.3. The number of anilines is 1. The molecular weight excluding hydrogens is 243 g/mol. The second-order valence-corrected chi connectivity index (χ2v) is 4.67. The van der Waals surface area contributed by atoms with Crippen LogP contribution >= 0.6 is 0 Å². The van der Waals surface area contributed by atoms with Gasteiger partial charge >= 0.3 is 0 Å². The number of imidazole rings is 1. The van der Waals surface area contributed by atoms with Crippen LogP contribution < -0.4 is 5.32 Å². The van der Waals surface area contributed by atoms with Gasteiger partial charge in [0.15, 0.2) is 6.04 Å². The summed E-state index contributed by atoms with van der Waals surface area (Å²) >= 11 is 0. The maximum Gasteiger partial charge on any atom is 0.156 e. The van der Waals surface area contributed by atoms with Crippen LogP contribution in [-0.2, 0) is 0 Å². The molecule has 4 nitrogen and oxygen atoms in total. The summed E-state index contributed by atoms with van der Waals surface area (Å²) in [5, 5.41) is 12.3. The average Bonchev–Trinajstić information content (AvgIpc) is 3.14. The fraction of sp³-hybridized carbons (Fsp3) is 0.286. The highest BCUT2D eigenvalue weighted by Crippen LogP contribution is 2.37. The Labute approximate surface area is 110 Å². The summed E-state index contributed by atoms with van der Waals surface area (Å²) in [6.45, 7) is 0. The molecule has 2 aromatic rings. The molecule has 1 aromatic carbocycles. The summed E-state index contributed by atoms with van der Waals surface area (Å²) in [4.78, 5) is 4.11. The number of hydrogen-bond donors (Lipinski definition) is 1. The Morgan fingerprint density at radius 2 is 2.32 bits per heavy atom. The molecule has 1 fully saturated rings. The molecule has 1 aromatic heterocycles. The Bertz CT molecular complexity index is 624. The monoisotopic (exact) mass is 256 g/mol. The van der Waals surface area contributed by atoms with E-state index < -0.39 is 6.04 Å². The molecule has 96 valence electrons. The number of nitriles is 1. The molecule has 5 heteroatoms. The molecule has 1 unspecified atom stereocenters. The lowest BCUT2D eigenvalue weighted by Crippen LogP contribution is -2.13. The number of nitrogens with one attached hydrogen (secondary N) is 1. The van der Waals surface area contributed by atoms with Gasteiger partial charge in [0.25, 0.3) is 0 Å². The van der Waals surface area contributed by atoms with E-state index in [0.29, 0.717) is 11.7 Å². The molecule has 0 amide bonds. The third kappa shape index (κ3) is 2.43. The van der Waals surface area contributed by atoms with Gasteiger partial charge in [0.1, 0.15) is 5.82 Å². The van der Waals surface area contributed by atoms with Crippen LogP contribution in [0.4, 0.5) is 10.1 Å². The Hall–Kier alpha value is -2.35. The third-order valence-electron chi connectivity index (χ3n) is 3.20. The molecular formula is C14H13FN4. The largest absolute Gasteiger partial charge is 0.365 e. The molecule has 19 heavy (non-hydrogen) atoms. The van der Waals surface area contributed by atoms with E-state index in [2.05, 4.69) is 16.4 Å². The predicted molar refractivity (Wildman–Crippen MR) is 68.9 cm³/mol. The summed E-state index contributed by atoms with van der Waals surface area (Å²) in [5.74, 6) is -0.322. The first-order valence-corrected chi connectivity index (χ1v) is 6.21. The summed E-state index contributed by atoms with van der Waals surface area (Å²) in [5.41, 5.74) is 1.42. The molecule has 0 spiro atoms. The van der Waals surface area contributed by atoms with Crippen molar-refractivity contribution < 1.29 is 4.39 Å². The van der Waals surface area contributed by atoms with Crippen molar-refractivity contribution in [2.45, 2.75) is 24.9 Å². The average molecular weight is 256 g/mol. The molecule has 0 saturated heterocycles. The van der Waals surface area contributed by atoms with Crippen molar-refractivity contribution >= 4 is 5.69 Å². The van der Waals surface area contributed by atoms with Gasteiger partial charge in [-0.05, 0) is 31.0 Å². The van der Waals surface area contributed by atoms with Crippen LogP contribution in [0.25, 0.3) is 0 Å². The normalized spacial score (nSPS) is 15.8. The highest BCUT2D eigenvalue weighted by molar-refractivity contribution is 5.46. The molecule has 1 aliphatic rings. The van der Waals surface area contributed by atoms with Crippen LogP contribution in [0.15, 0.2) is 36.8 Å². The van der Waals surface area contributed by atoms with E-state index in [1.54, 1.807) is 24.7 Å². The van der Waals surface area contributed by atoms with Gasteiger partial charge in [0.2, 0.25) is 0 Å². The number of rotatable bonds is 4. The topological polar surface area (TPSA) is 53.6 Å².